The van der Waals surface area contributed by atoms with E-state index in [1.165, 1.54) is 0 Å². The van der Waals surface area contributed by atoms with E-state index in [2.05, 4.69) is 5.32 Å². The van der Waals surface area contributed by atoms with E-state index in [9.17, 15) is 9.59 Å². The van der Waals surface area contributed by atoms with Crippen LogP contribution in [0.3, 0.4) is 0 Å². The zero-order valence-corrected chi connectivity index (χ0v) is 11.9. The highest BCUT2D eigenvalue weighted by molar-refractivity contribution is 5.96. The van der Waals surface area contributed by atoms with Crippen LogP contribution in [0.1, 0.15) is 38.8 Å². The monoisotopic (exact) mass is 275 g/mol. The molecule has 0 saturated carbocycles. The first-order valence-corrected chi connectivity index (χ1v) is 6.28. The van der Waals surface area contributed by atoms with E-state index in [4.69, 9.17) is 9.84 Å². The fourth-order valence-electron chi connectivity index (χ4n) is 2.18. The van der Waals surface area contributed by atoms with Gasteiger partial charge < -0.3 is 9.84 Å². The lowest BCUT2D eigenvalue weighted by Gasteiger charge is -2.32. The van der Waals surface area contributed by atoms with E-state index < -0.39 is 17.7 Å². The normalized spacial score (nSPS) is 17.5. The van der Waals surface area contributed by atoms with Crippen molar-refractivity contribution in [2.75, 3.05) is 5.32 Å². The molecule has 0 aromatic heterocycles. The second-order valence-electron chi connectivity index (χ2n) is 5.34. The smallest absolute Gasteiger partial charge is 0.412 e. The van der Waals surface area contributed by atoms with E-state index in [1.807, 2.05) is 6.07 Å². The SMILES string of the molecule is CC(C(=O)O)=C(C)c1ccc2c(c1)C(C)(C)OC(=O)N2. The number of benzene rings is 1. The van der Waals surface area contributed by atoms with Crippen LogP contribution in [0.15, 0.2) is 23.8 Å². The molecule has 1 amide bonds. The number of carboxylic acid groups (broad SMARTS) is 1. The van der Waals surface area contributed by atoms with E-state index in [-0.39, 0.29) is 0 Å². The van der Waals surface area contributed by atoms with Gasteiger partial charge in [-0.25, -0.2) is 9.59 Å². The number of nitrogens with one attached hydrogen (secondary N) is 1. The minimum atomic E-state index is -0.941. The Kier molecular flexibility index (Phi) is 3.29. The van der Waals surface area contributed by atoms with Crippen LogP contribution in [0.5, 0.6) is 0 Å². The molecule has 0 saturated heterocycles. The molecule has 1 aromatic carbocycles. The van der Waals surface area contributed by atoms with Crippen LogP contribution in [0.25, 0.3) is 5.57 Å². The van der Waals surface area contributed by atoms with Crippen LogP contribution in [0, 0.1) is 0 Å². The van der Waals surface area contributed by atoms with Crippen LogP contribution in [0.4, 0.5) is 10.5 Å². The Morgan fingerprint density at radius 3 is 2.55 bits per heavy atom. The quantitative estimate of drug-likeness (QED) is 0.811. The predicted molar refractivity (Wildman–Crippen MR) is 75.5 cm³/mol. The average Bonchev–Trinajstić information content (AvgIpc) is 2.35. The second-order valence-corrected chi connectivity index (χ2v) is 5.34. The Morgan fingerprint density at radius 2 is 1.95 bits per heavy atom. The Labute approximate surface area is 117 Å². The number of anilines is 1. The zero-order valence-electron chi connectivity index (χ0n) is 11.9. The predicted octanol–water partition coefficient (Wildman–Crippen LogP) is 3.36. The molecular formula is C15H17NO4. The molecule has 0 aliphatic carbocycles. The molecule has 0 bridgehead atoms. The van der Waals surface area contributed by atoms with Gasteiger partial charge in [-0.2, -0.15) is 0 Å². The topological polar surface area (TPSA) is 75.6 Å². The van der Waals surface area contributed by atoms with Gasteiger partial charge in [-0.1, -0.05) is 6.07 Å². The van der Waals surface area contributed by atoms with Gasteiger partial charge in [0.2, 0.25) is 0 Å². The standard InChI is InChI=1S/C15H17NO4/c1-8(9(2)13(17)18)10-5-6-12-11(7-10)15(3,4)20-14(19)16-12/h5-7H,1-4H3,(H,16,19)(H,17,18). The molecule has 0 radical (unpaired) electrons. The van der Waals surface area contributed by atoms with Crippen molar-refractivity contribution in [3.63, 3.8) is 0 Å². The van der Waals surface area contributed by atoms with Crippen molar-refractivity contribution < 1.29 is 19.4 Å². The van der Waals surface area contributed by atoms with Gasteiger partial charge in [0.1, 0.15) is 5.60 Å². The maximum absolute atomic E-state index is 11.4. The van der Waals surface area contributed by atoms with Crippen molar-refractivity contribution in [1.82, 2.24) is 0 Å². The Hall–Kier alpha value is -2.30. The van der Waals surface area contributed by atoms with Crippen molar-refractivity contribution in [3.8, 4) is 0 Å². The van der Waals surface area contributed by atoms with Gasteiger partial charge in [-0.05, 0) is 51.0 Å². The number of ether oxygens (including phenoxy) is 1. The zero-order chi connectivity index (χ0) is 15.1. The van der Waals surface area contributed by atoms with Gasteiger partial charge in [0.05, 0.1) is 5.69 Å². The summed E-state index contributed by atoms with van der Waals surface area (Å²) in [4.78, 5) is 22.5. The maximum atomic E-state index is 11.4. The molecule has 1 aliphatic rings. The Balaban J connectivity index is 2.55. The number of aliphatic carboxylic acids is 1. The summed E-state index contributed by atoms with van der Waals surface area (Å²) in [7, 11) is 0. The molecule has 0 atom stereocenters. The average molecular weight is 275 g/mol. The lowest BCUT2D eigenvalue weighted by atomic mass is 9.90. The third-order valence-electron chi connectivity index (χ3n) is 3.57. The summed E-state index contributed by atoms with van der Waals surface area (Å²) in [6.07, 6.45) is -0.482. The Bertz CT molecular complexity index is 629. The summed E-state index contributed by atoms with van der Waals surface area (Å²) in [6.45, 7) is 6.94. The summed E-state index contributed by atoms with van der Waals surface area (Å²) in [5.41, 5.74) is 2.56. The van der Waals surface area contributed by atoms with Crippen molar-refractivity contribution in [2.24, 2.45) is 0 Å². The number of rotatable bonds is 2. The fraction of sp³-hybridized carbons (Fsp3) is 0.333. The number of cyclic esters (lactones) is 1. The molecule has 20 heavy (non-hydrogen) atoms. The lowest BCUT2D eigenvalue weighted by molar-refractivity contribution is -0.132. The molecule has 5 nitrogen and oxygen atoms in total. The summed E-state index contributed by atoms with van der Waals surface area (Å²) in [6, 6.07) is 5.42. The fourth-order valence-corrected chi connectivity index (χ4v) is 2.18. The molecule has 0 fully saturated rings. The minimum absolute atomic E-state index is 0.295. The largest absolute Gasteiger partial charge is 0.478 e. The molecule has 0 spiro atoms. The number of hydrogen-bond acceptors (Lipinski definition) is 3. The third kappa shape index (κ3) is 2.39. The first-order chi connectivity index (χ1) is 9.22. The number of carbonyl (C=O) groups is 2. The van der Waals surface area contributed by atoms with Crippen LogP contribution >= 0.6 is 0 Å². The summed E-state index contributed by atoms with van der Waals surface area (Å²) < 4.78 is 5.26. The maximum Gasteiger partial charge on any atom is 0.412 e. The first kappa shape index (κ1) is 14.1. The van der Waals surface area contributed by atoms with E-state index in [0.29, 0.717) is 16.8 Å². The molecular weight excluding hydrogens is 258 g/mol. The van der Waals surface area contributed by atoms with Gasteiger partial charge in [0, 0.05) is 11.1 Å². The van der Waals surface area contributed by atoms with Gasteiger partial charge in [0.15, 0.2) is 0 Å². The highest BCUT2D eigenvalue weighted by atomic mass is 16.6. The molecule has 2 N–H and O–H groups in total. The van der Waals surface area contributed by atoms with Crippen LogP contribution in [-0.2, 0) is 15.1 Å². The van der Waals surface area contributed by atoms with Crippen molar-refractivity contribution in [3.05, 3.63) is 34.9 Å². The Morgan fingerprint density at radius 1 is 1.30 bits per heavy atom. The molecule has 1 aromatic rings. The van der Waals surface area contributed by atoms with E-state index in [1.54, 1.807) is 39.8 Å². The summed E-state index contributed by atoms with van der Waals surface area (Å²) >= 11 is 0. The van der Waals surface area contributed by atoms with Crippen molar-refractivity contribution >= 4 is 23.3 Å². The number of allylic oxidation sites excluding steroid dienone is 1. The number of carbonyl (C=O) groups excluding carboxylic acids is 1. The van der Waals surface area contributed by atoms with E-state index in [0.717, 1.165) is 11.1 Å². The van der Waals surface area contributed by atoms with Gasteiger partial charge in [-0.15, -0.1) is 0 Å². The van der Waals surface area contributed by atoms with Gasteiger partial charge >= 0.3 is 12.1 Å². The lowest BCUT2D eigenvalue weighted by Crippen LogP contribution is -2.34. The number of carboxylic acids is 1. The molecule has 2 rings (SSSR count). The number of amides is 1. The van der Waals surface area contributed by atoms with Crippen LogP contribution < -0.4 is 5.32 Å². The molecule has 106 valence electrons. The molecule has 1 aliphatic heterocycles. The first-order valence-electron chi connectivity index (χ1n) is 6.28. The number of hydrogen-bond donors (Lipinski definition) is 2. The van der Waals surface area contributed by atoms with Crippen LogP contribution in [-0.4, -0.2) is 17.2 Å². The third-order valence-corrected chi connectivity index (χ3v) is 3.57. The minimum Gasteiger partial charge on any atom is -0.478 e. The summed E-state index contributed by atoms with van der Waals surface area (Å²) in [5.74, 6) is -0.941. The van der Waals surface area contributed by atoms with Crippen LogP contribution in [0.2, 0.25) is 0 Å². The highest BCUT2D eigenvalue weighted by Crippen LogP contribution is 2.37. The van der Waals surface area contributed by atoms with Gasteiger partial charge in [0.25, 0.3) is 0 Å². The molecule has 5 heteroatoms. The summed E-state index contributed by atoms with van der Waals surface area (Å²) in [5, 5.41) is 11.7. The van der Waals surface area contributed by atoms with Crippen molar-refractivity contribution in [1.29, 1.82) is 0 Å². The highest BCUT2D eigenvalue weighted by Gasteiger charge is 2.33. The second kappa shape index (κ2) is 4.67. The van der Waals surface area contributed by atoms with E-state index >= 15 is 0 Å². The van der Waals surface area contributed by atoms with Gasteiger partial charge in [-0.3, -0.25) is 5.32 Å². The van der Waals surface area contributed by atoms with Crippen molar-refractivity contribution in [2.45, 2.75) is 33.3 Å². The molecule has 1 heterocycles. The number of fused-ring (bicyclic) bond motifs is 1. The molecule has 0 unspecified atom stereocenters.